The van der Waals surface area contributed by atoms with Crippen LogP contribution in [0.4, 0.5) is 5.95 Å². The SMILES string of the molecule is C[C@H](Nc1nccc(-c2nc(-c3cc([C@]4(O)CCN(C)C4=O)ccn3)cs2)n1)c1ccn(C)n1. The van der Waals surface area contributed by atoms with Crippen molar-refractivity contribution in [1.29, 1.82) is 0 Å². The first kappa shape index (κ1) is 22.1. The van der Waals surface area contributed by atoms with Crippen LogP contribution in [0.5, 0.6) is 0 Å². The second-order valence-electron chi connectivity index (χ2n) is 8.35. The molecule has 0 spiro atoms. The molecule has 0 bridgehead atoms. The molecule has 0 saturated carbocycles. The quantitative estimate of drug-likeness (QED) is 0.436. The van der Waals surface area contributed by atoms with Gasteiger partial charge in [0.2, 0.25) is 5.95 Å². The number of aryl methyl sites for hydroxylation is 1. The number of anilines is 1. The number of likely N-dealkylation sites (N-methyl/N-ethyl adjacent to an activating group) is 1. The number of nitrogens with one attached hydrogen (secondary N) is 1. The largest absolute Gasteiger partial charge is 0.375 e. The normalized spacial score (nSPS) is 18.9. The lowest BCUT2D eigenvalue weighted by Gasteiger charge is -2.21. The molecule has 0 radical (unpaired) electrons. The van der Waals surface area contributed by atoms with Crippen LogP contribution in [-0.2, 0) is 17.4 Å². The smallest absolute Gasteiger partial charge is 0.258 e. The van der Waals surface area contributed by atoms with Crippen LogP contribution in [0, 0.1) is 0 Å². The number of nitrogens with zero attached hydrogens (tertiary/aromatic N) is 7. The zero-order chi connectivity index (χ0) is 23.9. The zero-order valence-electron chi connectivity index (χ0n) is 19.0. The number of likely N-dealkylation sites (tertiary alicyclic amines) is 1. The van der Waals surface area contributed by atoms with Gasteiger partial charge < -0.3 is 15.3 Å². The van der Waals surface area contributed by atoms with Crippen molar-refractivity contribution in [2.45, 2.75) is 25.0 Å². The highest BCUT2D eigenvalue weighted by atomic mass is 32.1. The molecule has 2 N–H and O–H groups in total. The first-order valence-corrected chi connectivity index (χ1v) is 11.7. The molecule has 4 aromatic heterocycles. The van der Waals surface area contributed by atoms with Gasteiger partial charge in [0.15, 0.2) is 5.60 Å². The Balaban J connectivity index is 1.38. The molecular formula is C23H24N8O2S. The number of hydrogen-bond acceptors (Lipinski definition) is 9. The molecule has 4 aromatic rings. The molecule has 10 nitrogen and oxygen atoms in total. The molecule has 0 aromatic carbocycles. The third kappa shape index (κ3) is 4.03. The monoisotopic (exact) mass is 476 g/mol. The molecule has 174 valence electrons. The topological polar surface area (TPSA) is 122 Å². The van der Waals surface area contributed by atoms with Crippen LogP contribution >= 0.6 is 11.3 Å². The number of pyridine rings is 1. The van der Waals surface area contributed by atoms with Gasteiger partial charge in [0.1, 0.15) is 16.4 Å². The van der Waals surface area contributed by atoms with E-state index in [2.05, 4.69) is 25.4 Å². The van der Waals surface area contributed by atoms with Crippen LogP contribution in [0.1, 0.15) is 30.6 Å². The molecule has 1 fully saturated rings. The number of hydrogen-bond donors (Lipinski definition) is 2. The molecule has 11 heteroatoms. The summed E-state index contributed by atoms with van der Waals surface area (Å²) in [7, 11) is 3.57. The fourth-order valence-electron chi connectivity index (χ4n) is 3.94. The van der Waals surface area contributed by atoms with Crippen LogP contribution in [0.3, 0.4) is 0 Å². The van der Waals surface area contributed by atoms with E-state index in [0.717, 1.165) is 5.69 Å². The number of aromatic nitrogens is 6. The van der Waals surface area contributed by atoms with Crippen LogP contribution in [0.2, 0.25) is 0 Å². The standard InChI is InChI=1S/C23H24N8O2S/c1-14(16-6-10-31(3)29-16)26-22-25-9-5-17(28-22)20-27-19(13-34-20)18-12-15(4-8-24-18)23(33)7-11-30(2)21(23)32/h4-6,8-10,12-14,33H,7,11H2,1-3H3,(H,25,26,28)/t14-,23+/m0/s1. The van der Waals surface area contributed by atoms with Crippen molar-refractivity contribution in [1.82, 2.24) is 34.6 Å². The Hall–Kier alpha value is -3.70. The van der Waals surface area contributed by atoms with Gasteiger partial charge in [-0.2, -0.15) is 5.10 Å². The van der Waals surface area contributed by atoms with Crippen molar-refractivity contribution in [3.05, 3.63) is 59.5 Å². The average molecular weight is 477 g/mol. The first-order chi connectivity index (χ1) is 16.3. The van der Waals surface area contributed by atoms with Crippen molar-refractivity contribution >= 4 is 23.2 Å². The van der Waals surface area contributed by atoms with Crippen LogP contribution in [0.15, 0.2) is 48.2 Å². The Kier molecular flexibility index (Phi) is 5.58. The van der Waals surface area contributed by atoms with Crippen molar-refractivity contribution in [3.63, 3.8) is 0 Å². The van der Waals surface area contributed by atoms with Gasteiger partial charge >= 0.3 is 0 Å². The highest BCUT2D eigenvalue weighted by molar-refractivity contribution is 7.13. The summed E-state index contributed by atoms with van der Waals surface area (Å²) in [5.41, 5.74) is 1.82. The molecule has 0 aliphatic carbocycles. The van der Waals surface area contributed by atoms with E-state index in [1.807, 2.05) is 31.6 Å². The highest BCUT2D eigenvalue weighted by Gasteiger charge is 2.45. The molecule has 34 heavy (non-hydrogen) atoms. The Morgan fingerprint density at radius 3 is 2.68 bits per heavy atom. The summed E-state index contributed by atoms with van der Waals surface area (Å²) in [6.45, 7) is 2.51. The molecule has 5 rings (SSSR count). The van der Waals surface area contributed by atoms with Gasteiger partial charge in [-0.05, 0) is 36.8 Å². The summed E-state index contributed by atoms with van der Waals surface area (Å²) in [5, 5.41) is 21.3. The van der Waals surface area contributed by atoms with Gasteiger partial charge in [-0.25, -0.2) is 15.0 Å². The Bertz CT molecular complexity index is 1350. The average Bonchev–Trinajstić information content (AvgIpc) is 3.57. The summed E-state index contributed by atoms with van der Waals surface area (Å²) < 4.78 is 1.75. The van der Waals surface area contributed by atoms with E-state index in [0.29, 0.717) is 46.6 Å². The second-order valence-corrected chi connectivity index (χ2v) is 9.21. The van der Waals surface area contributed by atoms with E-state index in [1.165, 1.54) is 16.2 Å². The Morgan fingerprint density at radius 2 is 1.94 bits per heavy atom. The number of carbonyl (C=O) groups excluding carboxylic acids is 1. The molecule has 1 amide bonds. The van der Waals surface area contributed by atoms with Gasteiger partial charge in [0, 0.05) is 51.0 Å². The first-order valence-electron chi connectivity index (χ1n) is 10.8. The van der Waals surface area contributed by atoms with E-state index in [1.54, 1.807) is 42.3 Å². The highest BCUT2D eigenvalue weighted by Crippen LogP contribution is 2.35. The number of amides is 1. The van der Waals surface area contributed by atoms with E-state index in [-0.39, 0.29) is 11.9 Å². The lowest BCUT2D eigenvalue weighted by Crippen LogP contribution is -2.36. The third-order valence-electron chi connectivity index (χ3n) is 5.91. The van der Waals surface area contributed by atoms with Crippen molar-refractivity contribution in [2.24, 2.45) is 7.05 Å². The molecule has 1 aliphatic rings. The third-order valence-corrected chi connectivity index (χ3v) is 6.78. The molecule has 5 heterocycles. The summed E-state index contributed by atoms with van der Waals surface area (Å²) in [5.74, 6) is 0.183. The number of rotatable bonds is 6. The van der Waals surface area contributed by atoms with E-state index < -0.39 is 5.60 Å². The van der Waals surface area contributed by atoms with E-state index in [4.69, 9.17) is 4.98 Å². The second kappa shape index (κ2) is 8.58. The fourth-order valence-corrected chi connectivity index (χ4v) is 4.72. The molecule has 1 aliphatic heterocycles. The van der Waals surface area contributed by atoms with Crippen molar-refractivity contribution < 1.29 is 9.90 Å². The lowest BCUT2D eigenvalue weighted by molar-refractivity contribution is -0.143. The summed E-state index contributed by atoms with van der Waals surface area (Å²) in [4.78, 5) is 32.1. The van der Waals surface area contributed by atoms with Crippen LogP contribution < -0.4 is 5.32 Å². The van der Waals surface area contributed by atoms with Gasteiger partial charge in [0.25, 0.3) is 5.91 Å². The minimum absolute atomic E-state index is 0.0570. The van der Waals surface area contributed by atoms with Gasteiger partial charge in [0.05, 0.1) is 17.4 Å². The van der Waals surface area contributed by atoms with Crippen molar-refractivity contribution in [3.8, 4) is 22.1 Å². The number of carbonyl (C=O) groups is 1. The number of aliphatic hydroxyl groups is 1. The van der Waals surface area contributed by atoms with Gasteiger partial charge in [-0.15, -0.1) is 11.3 Å². The molecule has 2 atom stereocenters. The minimum Gasteiger partial charge on any atom is -0.375 e. The molecule has 0 unspecified atom stereocenters. The Labute approximate surface area is 200 Å². The Morgan fingerprint density at radius 1 is 1.12 bits per heavy atom. The molecular weight excluding hydrogens is 452 g/mol. The van der Waals surface area contributed by atoms with E-state index in [9.17, 15) is 9.90 Å². The maximum atomic E-state index is 12.5. The number of thiazole rings is 1. The summed E-state index contributed by atoms with van der Waals surface area (Å²) >= 11 is 1.44. The van der Waals surface area contributed by atoms with Gasteiger partial charge in [-0.1, -0.05) is 0 Å². The summed E-state index contributed by atoms with van der Waals surface area (Å²) in [6, 6.07) is 7.11. The maximum Gasteiger partial charge on any atom is 0.258 e. The predicted molar refractivity (Wildman–Crippen MR) is 128 cm³/mol. The predicted octanol–water partition coefficient (Wildman–Crippen LogP) is 2.62. The zero-order valence-corrected chi connectivity index (χ0v) is 19.8. The van der Waals surface area contributed by atoms with Crippen molar-refractivity contribution in [2.75, 3.05) is 18.9 Å². The fraction of sp³-hybridized carbons (Fsp3) is 0.304. The minimum atomic E-state index is -1.52. The van der Waals surface area contributed by atoms with E-state index >= 15 is 0 Å². The maximum absolute atomic E-state index is 12.5. The van der Waals surface area contributed by atoms with Crippen LogP contribution in [-0.4, -0.2) is 59.2 Å². The van der Waals surface area contributed by atoms with Crippen LogP contribution in [0.25, 0.3) is 22.1 Å². The van der Waals surface area contributed by atoms with Gasteiger partial charge in [-0.3, -0.25) is 14.5 Å². The lowest BCUT2D eigenvalue weighted by atomic mass is 9.92. The summed E-state index contributed by atoms with van der Waals surface area (Å²) in [6.07, 6.45) is 5.53. The molecule has 1 saturated heterocycles.